The van der Waals surface area contributed by atoms with Gasteiger partial charge in [0, 0.05) is 10.6 Å². The minimum atomic E-state index is -0.396. The maximum Gasteiger partial charge on any atom is 0.362 e. The van der Waals surface area contributed by atoms with E-state index in [2.05, 4.69) is 55.6 Å². The Balaban J connectivity index is 1.40. The molecule has 3 aromatic carbocycles. The molecular formula is C30H23N3O2S2. The Bertz CT molecular complexity index is 1880. The van der Waals surface area contributed by atoms with E-state index >= 15 is 0 Å². The van der Waals surface area contributed by atoms with Gasteiger partial charge in [-0.25, -0.2) is 9.78 Å². The number of hydrogen-bond acceptors (Lipinski definition) is 6. The maximum absolute atomic E-state index is 13.0. The summed E-state index contributed by atoms with van der Waals surface area (Å²) < 4.78 is 8.68. The van der Waals surface area contributed by atoms with Crippen LogP contribution in [0.15, 0.2) is 98.0 Å². The minimum Gasteiger partial charge on any atom is -0.404 e. The smallest absolute Gasteiger partial charge is 0.362 e. The van der Waals surface area contributed by atoms with Crippen molar-refractivity contribution >= 4 is 57.2 Å². The molecule has 37 heavy (non-hydrogen) atoms. The molecule has 3 heterocycles. The van der Waals surface area contributed by atoms with Crippen LogP contribution in [0.1, 0.15) is 16.1 Å². The van der Waals surface area contributed by atoms with Crippen LogP contribution in [0, 0.1) is 13.8 Å². The highest BCUT2D eigenvalue weighted by Crippen LogP contribution is 2.41. The molecule has 5 nitrogen and oxygen atoms in total. The normalized spacial score (nSPS) is 15.2. The van der Waals surface area contributed by atoms with Gasteiger partial charge >= 0.3 is 5.63 Å². The van der Waals surface area contributed by atoms with Crippen LogP contribution in [0.4, 0.5) is 5.69 Å². The summed E-state index contributed by atoms with van der Waals surface area (Å²) in [4.78, 5) is 18.8. The Morgan fingerprint density at radius 3 is 2.62 bits per heavy atom. The Hall–Kier alpha value is -4.07. The first-order valence-corrected chi connectivity index (χ1v) is 13.5. The third-order valence-electron chi connectivity index (χ3n) is 5.92. The lowest BCUT2D eigenvalue weighted by Gasteiger charge is -2.02. The van der Waals surface area contributed by atoms with Crippen LogP contribution >= 0.6 is 23.1 Å². The number of benzene rings is 3. The minimum absolute atomic E-state index is 0.396. The Labute approximate surface area is 221 Å². The van der Waals surface area contributed by atoms with Crippen molar-refractivity contribution in [3.8, 4) is 5.69 Å². The highest BCUT2D eigenvalue weighted by atomic mass is 32.2. The predicted molar refractivity (Wildman–Crippen MR) is 155 cm³/mol. The van der Waals surface area contributed by atoms with Crippen molar-refractivity contribution in [3.63, 3.8) is 0 Å². The summed E-state index contributed by atoms with van der Waals surface area (Å²) in [6, 6.07) is 22.3. The lowest BCUT2D eigenvalue weighted by atomic mass is 10.2. The van der Waals surface area contributed by atoms with E-state index < -0.39 is 5.63 Å². The van der Waals surface area contributed by atoms with Gasteiger partial charge in [-0.15, -0.1) is 11.3 Å². The maximum atomic E-state index is 13.0. The molecule has 0 amide bonds. The van der Waals surface area contributed by atoms with Crippen LogP contribution in [0.2, 0.25) is 0 Å². The van der Waals surface area contributed by atoms with Crippen molar-refractivity contribution in [2.75, 3.05) is 5.32 Å². The zero-order valence-electron chi connectivity index (χ0n) is 20.3. The zero-order chi connectivity index (χ0) is 25.4. The fourth-order valence-electron chi connectivity index (χ4n) is 4.17. The van der Waals surface area contributed by atoms with Crippen molar-refractivity contribution in [2.45, 2.75) is 18.7 Å². The van der Waals surface area contributed by atoms with E-state index in [4.69, 9.17) is 9.40 Å². The number of nitrogens with zero attached hydrogens (tertiary/aromatic N) is 2. The van der Waals surface area contributed by atoms with Crippen LogP contribution in [0.25, 0.3) is 34.1 Å². The molecule has 0 radical (unpaired) electrons. The summed E-state index contributed by atoms with van der Waals surface area (Å²) in [6.07, 6.45) is 9.35. The molecule has 6 rings (SSSR count). The lowest BCUT2D eigenvalue weighted by Crippen LogP contribution is -2.30. The monoisotopic (exact) mass is 521 g/mol. The van der Waals surface area contributed by atoms with Gasteiger partial charge in [0.15, 0.2) is 0 Å². The second-order valence-electron chi connectivity index (χ2n) is 8.76. The van der Waals surface area contributed by atoms with Crippen molar-refractivity contribution in [1.82, 2.24) is 9.55 Å². The van der Waals surface area contributed by atoms with Gasteiger partial charge in [0.05, 0.1) is 20.9 Å². The molecule has 1 aliphatic heterocycles. The fraction of sp³-hybridized carbons (Fsp3) is 0.0667. The highest BCUT2D eigenvalue weighted by Gasteiger charge is 2.15. The summed E-state index contributed by atoms with van der Waals surface area (Å²) >= 11 is 3.27. The van der Waals surface area contributed by atoms with Gasteiger partial charge in [0.25, 0.3) is 0 Å². The summed E-state index contributed by atoms with van der Waals surface area (Å²) in [7, 11) is 0. The van der Waals surface area contributed by atoms with Gasteiger partial charge in [-0.2, -0.15) is 0 Å². The SMILES string of the molecule is Cc1ccc2c(c1)NC(=CC=c1c(=O)oc(=CC=Cc3nc4cc(C)ccc4s3)n1-c1ccccc1)S2. The zero-order valence-corrected chi connectivity index (χ0v) is 21.9. The van der Waals surface area contributed by atoms with Gasteiger partial charge in [-0.1, -0.05) is 48.2 Å². The van der Waals surface area contributed by atoms with Crippen molar-refractivity contribution < 1.29 is 4.42 Å². The quantitative estimate of drug-likeness (QED) is 0.315. The van der Waals surface area contributed by atoms with Gasteiger partial charge in [0.2, 0.25) is 5.55 Å². The first-order valence-electron chi connectivity index (χ1n) is 11.8. The van der Waals surface area contributed by atoms with Crippen LogP contribution in [-0.2, 0) is 0 Å². The average Bonchev–Trinajstić information content (AvgIpc) is 3.57. The van der Waals surface area contributed by atoms with E-state index in [-0.39, 0.29) is 0 Å². The highest BCUT2D eigenvalue weighted by molar-refractivity contribution is 8.03. The second-order valence-corrected chi connectivity index (χ2v) is 10.9. The standard InChI is InChI=1S/C30H23N3O2S2/c1-19-11-14-25-22(17-19)31-27(36-25)9-6-10-29-33(21-7-4-3-5-8-21)24(30(34)35-29)13-16-28-32-23-18-20(2)12-15-26(23)37-28/h3-18,32H,1-2H3. The van der Waals surface area contributed by atoms with E-state index in [9.17, 15) is 4.79 Å². The topological polar surface area (TPSA) is 60.1 Å². The Morgan fingerprint density at radius 2 is 1.76 bits per heavy atom. The van der Waals surface area contributed by atoms with E-state index in [1.165, 1.54) is 16.0 Å². The second kappa shape index (κ2) is 9.76. The molecule has 1 N–H and O–H groups in total. The number of fused-ring (bicyclic) bond motifs is 2. The third-order valence-corrected chi connectivity index (χ3v) is 7.96. The molecule has 0 bridgehead atoms. The molecule has 1 aliphatic rings. The Morgan fingerprint density at radius 1 is 0.946 bits per heavy atom. The van der Waals surface area contributed by atoms with Crippen molar-refractivity contribution in [2.24, 2.45) is 0 Å². The average molecular weight is 522 g/mol. The van der Waals surface area contributed by atoms with Crippen LogP contribution in [-0.4, -0.2) is 9.55 Å². The van der Waals surface area contributed by atoms with E-state index in [1.807, 2.05) is 59.2 Å². The molecule has 2 aromatic heterocycles. The number of aromatic nitrogens is 2. The molecule has 0 unspecified atom stereocenters. The van der Waals surface area contributed by atoms with Gasteiger partial charge < -0.3 is 9.73 Å². The number of rotatable bonds is 4. The van der Waals surface area contributed by atoms with E-state index in [1.54, 1.807) is 29.2 Å². The summed E-state index contributed by atoms with van der Waals surface area (Å²) in [6.45, 7) is 4.14. The van der Waals surface area contributed by atoms with Gasteiger partial charge in [-0.3, -0.25) is 4.57 Å². The Kier molecular flexibility index (Phi) is 6.16. The molecule has 0 spiro atoms. The number of anilines is 1. The number of thioether (sulfide) groups is 1. The van der Waals surface area contributed by atoms with E-state index in [0.717, 1.165) is 31.6 Å². The lowest BCUT2D eigenvalue weighted by molar-refractivity contribution is 0.479. The number of nitrogens with one attached hydrogen (secondary N) is 1. The number of aryl methyl sites for hydroxylation is 2. The van der Waals surface area contributed by atoms with Crippen LogP contribution < -0.4 is 21.8 Å². The number of para-hydroxylation sites is 1. The first kappa shape index (κ1) is 23.3. The number of hydrogen-bond donors (Lipinski definition) is 1. The predicted octanol–water partition coefficient (Wildman–Crippen LogP) is 5.99. The van der Waals surface area contributed by atoms with Gasteiger partial charge in [0.1, 0.15) is 10.4 Å². The van der Waals surface area contributed by atoms with Crippen molar-refractivity contribution in [3.05, 3.63) is 121 Å². The van der Waals surface area contributed by atoms with Crippen molar-refractivity contribution in [1.29, 1.82) is 0 Å². The summed E-state index contributed by atoms with van der Waals surface area (Å²) in [5.74, 6) is 0. The number of oxazole rings is 1. The molecule has 0 aliphatic carbocycles. The molecule has 7 heteroatoms. The molecule has 0 atom stereocenters. The molecule has 182 valence electrons. The third kappa shape index (κ3) is 4.83. The molecular weight excluding hydrogens is 498 g/mol. The summed E-state index contributed by atoms with van der Waals surface area (Å²) in [5.41, 5.74) is 5.35. The molecule has 5 aromatic rings. The summed E-state index contributed by atoms with van der Waals surface area (Å²) in [5, 5.41) is 5.72. The molecule has 0 saturated heterocycles. The molecule has 0 fully saturated rings. The number of allylic oxidation sites excluding steroid dienone is 2. The van der Waals surface area contributed by atoms with E-state index in [0.29, 0.717) is 10.9 Å². The van der Waals surface area contributed by atoms with Crippen LogP contribution in [0.3, 0.4) is 0 Å². The fourth-order valence-corrected chi connectivity index (χ4v) is 5.93. The van der Waals surface area contributed by atoms with Gasteiger partial charge in [-0.05, 0) is 85.7 Å². The first-order chi connectivity index (χ1) is 18.0. The molecule has 0 saturated carbocycles. The largest absolute Gasteiger partial charge is 0.404 e. The van der Waals surface area contributed by atoms with Crippen LogP contribution in [0.5, 0.6) is 0 Å². The number of thiazole rings is 1.